The second kappa shape index (κ2) is 3.09. The van der Waals surface area contributed by atoms with Crippen molar-refractivity contribution in [2.45, 2.75) is 32.1 Å². The van der Waals surface area contributed by atoms with E-state index >= 15 is 0 Å². The minimum Gasteiger partial charge on any atom is -0.299 e. The van der Waals surface area contributed by atoms with Gasteiger partial charge in [-0.3, -0.25) is 4.79 Å². The topological polar surface area (TPSA) is 17.1 Å². The summed E-state index contributed by atoms with van der Waals surface area (Å²) in [6, 6.07) is 5.85. The van der Waals surface area contributed by atoms with Crippen LogP contribution in [0.2, 0.25) is 5.02 Å². The Bertz CT molecular complexity index is 393. The average Bonchev–Trinajstić information content (AvgIpc) is 2.13. The lowest BCUT2D eigenvalue weighted by Crippen LogP contribution is -2.34. The maximum Gasteiger partial charge on any atom is 0.143 e. The number of aryl methyl sites for hydroxylation is 1. The fraction of sp³-hybridized carbons (Fsp3) is 0.417. The zero-order valence-corrected chi connectivity index (χ0v) is 9.19. The standard InChI is InChI=1S/C12H13ClO/c1-12(2)10-7-9(13)5-3-8(10)4-6-11(12)14/h3,5,7H,4,6H2,1-2H3. The van der Waals surface area contributed by atoms with Gasteiger partial charge in [0.05, 0.1) is 0 Å². The van der Waals surface area contributed by atoms with Crippen molar-refractivity contribution < 1.29 is 4.79 Å². The van der Waals surface area contributed by atoms with Crippen molar-refractivity contribution in [3.8, 4) is 0 Å². The minimum absolute atomic E-state index is 0.312. The highest BCUT2D eigenvalue weighted by Gasteiger charge is 2.34. The van der Waals surface area contributed by atoms with Gasteiger partial charge in [-0.15, -0.1) is 0 Å². The van der Waals surface area contributed by atoms with E-state index in [0.29, 0.717) is 17.2 Å². The Morgan fingerprint density at radius 3 is 2.71 bits per heavy atom. The molecule has 0 aromatic heterocycles. The molecule has 0 aliphatic heterocycles. The fourth-order valence-electron chi connectivity index (χ4n) is 2.06. The molecular weight excluding hydrogens is 196 g/mol. The summed E-state index contributed by atoms with van der Waals surface area (Å²) in [5, 5.41) is 0.714. The highest BCUT2D eigenvalue weighted by atomic mass is 35.5. The molecule has 1 nitrogen and oxygen atoms in total. The van der Waals surface area contributed by atoms with Crippen molar-refractivity contribution >= 4 is 17.4 Å². The van der Waals surface area contributed by atoms with Crippen LogP contribution < -0.4 is 0 Å². The molecule has 14 heavy (non-hydrogen) atoms. The molecule has 0 atom stereocenters. The number of hydrogen-bond acceptors (Lipinski definition) is 1. The van der Waals surface area contributed by atoms with Crippen LogP contribution in [0.3, 0.4) is 0 Å². The van der Waals surface area contributed by atoms with E-state index in [1.165, 1.54) is 5.56 Å². The van der Waals surface area contributed by atoms with E-state index < -0.39 is 0 Å². The average molecular weight is 209 g/mol. The highest BCUT2D eigenvalue weighted by molar-refractivity contribution is 6.30. The summed E-state index contributed by atoms with van der Waals surface area (Å²) in [6.45, 7) is 3.95. The van der Waals surface area contributed by atoms with Gasteiger partial charge in [0.2, 0.25) is 0 Å². The van der Waals surface area contributed by atoms with Crippen molar-refractivity contribution in [2.75, 3.05) is 0 Å². The fourth-order valence-corrected chi connectivity index (χ4v) is 2.23. The lowest BCUT2D eigenvalue weighted by molar-refractivity contribution is -0.124. The maximum atomic E-state index is 11.7. The van der Waals surface area contributed by atoms with Crippen molar-refractivity contribution in [1.29, 1.82) is 0 Å². The summed E-state index contributed by atoms with van der Waals surface area (Å²) < 4.78 is 0. The second-order valence-electron chi connectivity index (χ2n) is 4.35. The molecule has 0 fully saturated rings. The normalized spacial score (nSPS) is 19.2. The Hall–Kier alpha value is -0.820. The molecule has 0 bridgehead atoms. The van der Waals surface area contributed by atoms with E-state index in [2.05, 4.69) is 0 Å². The Morgan fingerprint density at radius 1 is 1.29 bits per heavy atom. The molecule has 74 valence electrons. The maximum absolute atomic E-state index is 11.7. The van der Waals surface area contributed by atoms with Gasteiger partial charge < -0.3 is 0 Å². The summed E-state index contributed by atoms with van der Waals surface area (Å²) >= 11 is 5.94. The number of rotatable bonds is 0. The lowest BCUT2D eigenvalue weighted by atomic mass is 9.72. The zero-order chi connectivity index (χ0) is 10.3. The van der Waals surface area contributed by atoms with Crippen LogP contribution >= 0.6 is 11.6 Å². The molecule has 0 N–H and O–H groups in total. The highest BCUT2D eigenvalue weighted by Crippen LogP contribution is 2.35. The molecule has 2 rings (SSSR count). The van der Waals surface area contributed by atoms with Gasteiger partial charge in [0.15, 0.2) is 0 Å². The molecule has 0 amide bonds. The summed E-state index contributed by atoms with van der Waals surface area (Å²) in [7, 11) is 0. The first-order valence-corrected chi connectivity index (χ1v) is 5.22. The quantitative estimate of drug-likeness (QED) is 0.640. The van der Waals surface area contributed by atoms with Gasteiger partial charge in [0.1, 0.15) is 5.78 Å². The van der Waals surface area contributed by atoms with Crippen LogP contribution in [0, 0.1) is 0 Å². The molecule has 2 heteroatoms. The number of carbonyl (C=O) groups is 1. The lowest BCUT2D eigenvalue weighted by Gasteiger charge is -2.31. The first-order chi connectivity index (χ1) is 6.51. The minimum atomic E-state index is -0.363. The summed E-state index contributed by atoms with van der Waals surface area (Å²) in [5.41, 5.74) is 2.00. The van der Waals surface area contributed by atoms with E-state index in [9.17, 15) is 4.79 Å². The van der Waals surface area contributed by atoms with Crippen molar-refractivity contribution in [3.63, 3.8) is 0 Å². The third kappa shape index (κ3) is 1.36. The zero-order valence-electron chi connectivity index (χ0n) is 8.43. The molecular formula is C12H13ClO. The van der Waals surface area contributed by atoms with Crippen molar-refractivity contribution in [1.82, 2.24) is 0 Å². The molecule has 0 saturated heterocycles. The Balaban J connectivity index is 2.61. The number of Topliss-reactive ketones (excluding diaryl/α,β-unsaturated/α-hetero) is 1. The molecule has 0 unspecified atom stereocenters. The van der Waals surface area contributed by atoms with Gasteiger partial charge in [-0.05, 0) is 43.5 Å². The summed E-state index contributed by atoms with van der Waals surface area (Å²) in [4.78, 5) is 11.7. The predicted octanol–water partition coefficient (Wildman–Crippen LogP) is 3.13. The van der Waals surface area contributed by atoms with Crippen LogP contribution in [0.15, 0.2) is 18.2 Å². The van der Waals surface area contributed by atoms with Crippen LogP contribution in [0.1, 0.15) is 31.4 Å². The van der Waals surface area contributed by atoms with Crippen molar-refractivity contribution in [3.05, 3.63) is 34.3 Å². The van der Waals surface area contributed by atoms with E-state index in [1.54, 1.807) is 0 Å². The van der Waals surface area contributed by atoms with E-state index in [0.717, 1.165) is 12.0 Å². The molecule has 1 aliphatic rings. The molecule has 1 aromatic carbocycles. The van der Waals surface area contributed by atoms with E-state index in [1.807, 2.05) is 32.0 Å². The molecule has 0 spiro atoms. The Labute approximate surface area is 89.1 Å². The Kier molecular flexibility index (Phi) is 2.15. The first-order valence-electron chi connectivity index (χ1n) is 4.84. The van der Waals surface area contributed by atoms with Gasteiger partial charge >= 0.3 is 0 Å². The van der Waals surface area contributed by atoms with Gasteiger partial charge in [0, 0.05) is 16.9 Å². The van der Waals surface area contributed by atoms with Crippen LogP contribution in [0.5, 0.6) is 0 Å². The van der Waals surface area contributed by atoms with Crippen LogP contribution in [0.4, 0.5) is 0 Å². The predicted molar refractivity (Wildman–Crippen MR) is 57.8 cm³/mol. The molecule has 1 aliphatic carbocycles. The number of benzene rings is 1. The number of hydrogen-bond donors (Lipinski definition) is 0. The monoisotopic (exact) mass is 208 g/mol. The van der Waals surface area contributed by atoms with E-state index in [-0.39, 0.29) is 5.41 Å². The second-order valence-corrected chi connectivity index (χ2v) is 4.79. The Morgan fingerprint density at radius 2 is 2.00 bits per heavy atom. The SMILES string of the molecule is CC1(C)C(=O)CCc2ccc(Cl)cc21. The number of carbonyl (C=O) groups excluding carboxylic acids is 1. The van der Waals surface area contributed by atoms with Crippen molar-refractivity contribution in [2.24, 2.45) is 0 Å². The van der Waals surface area contributed by atoms with Gasteiger partial charge in [-0.2, -0.15) is 0 Å². The van der Waals surface area contributed by atoms with Crippen LogP contribution in [-0.4, -0.2) is 5.78 Å². The van der Waals surface area contributed by atoms with Gasteiger partial charge in [-0.25, -0.2) is 0 Å². The van der Waals surface area contributed by atoms with E-state index in [4.69, 9.17) is 11.6 Å². The van der Waals surface area contributed by atoms with Crippen LogP contribution in [0.25, 0.3) is 0 Å². The van der Waals surface area contributed by atoms with Gasteiger partial charge in [-0.1, -0.05) is 17.7 Å². The largest absolute Gasteiger partial charge is 0.299 e. The number of ketones is 1. The number of fused-ring (bicyclic) bond motifs is 1. The smallest absolute Gasteiger partial charge is 0.143 e. The van der Waals surface area contributed by atoms with Gasteiger partial charge in [0.25, 0.3) is 0 Å². The molecule has 0 radical (unpaired) electrons. The van der Waals surface area contributed by atoms with Crippen LogP contribution in [-0.2, 0) is 16.6 Å². The third-order valence-corrected chi connectivity index (χ3v) is 3.30. The molecule has 0 heterocycles. The third-order valence-electron chi connectivity index (χ3n) is 3.06. The first kappa shape index (κ1) is 9.72. The molecule has 1 aromatic rings. The molecule has 0 saturated carbocycles. The summed E-state index contributed by atoms with van der Waals surface area (Å²) in [5.74, 6) is 0.312. The number of halogens is 1. The summed E-state index contributed by atoms with van der Waals surface area (Å²) in [6.07, 6.45) is 1.51.